The highest BCUT2D eigenvalue weighted by atomic mass is 32.2. The molecule has 1 aliphatic rings. The summed E-state index contributed by atoms with van der Waals surface area (Å²) in [4.78, 5) is 12.8. The fraction of sp³-hybridized carbons (Fsp3) is 0.462. The molecule has 1 aliphatic heterocycles. The largest absolute Gasteiger partial charge is 0.382 e. The number of urea groups is 1. The van der Waals surface area contributed by atoms with Crippen molar-refractivity contribution in [1.29, 1.82) is 0 Å². The molecule has 0 spiro atoms. The Morgan fingerprint density at radius 2 is 1.95 bits per heavy atom. The van der Waals surface area contributed by atoms with Gasteiger partial charge in [-0.15, -0.1) is 0 Å². The van der Waals surface area contributed by atoms with Crippen molar-refractivity contribution in [1.82, 2.24) is 4.90 Å². The quantitative estimate of drug-likeness (QED) is 0.757. The van der Waals surface area contributed by atoms with E-state index in [9.17, 15) is 13.2 Å². The molecule has 0 bridgehead atoms. The van der Waals surface area contributed by atoms with E-state index < -0.39 is 16.1 Å². The van der Waals surface area contributed by atoms with Crippen LogP contribution in [0.1, 0.15) is 18.4 Å². The van der Waals surface area contributed by atoms with Crippen LogP contribution in [-0.2, 0) is 10.0 Å². The van der Waals surface area contributed by atoms with Crippen molar-refractivity contribution >= 4 is 21.7 Å². The minimum absolute atomic E-state index is 0.127. The van der Waals surface area contributed by atoms with Gasteiger partial charge in [0.25, 0.3) is 0 Å². The lowest BCUT2D eigenvalue weighted by Crippen LogP contribution is -2.44. The first-order valence-corrected chi connectivity index (χ1v) is 8.27. The second-order valence-corrected chi connectivity index (χ2v) is 6.75. The first-order chi connectivity index (χ1) is 9.79. The fourth-order valence-electron chi connectivity index (χ4n) is 2.54. The van der Waals surface area contributed by atoms with E-state index in [-0.39, 0.29) is 10.9 Å². The lowest BCUT2D eigenvalue weighted by atomic mass is 10.0. The number of amides is 2. The Morgan fingerprint density at radius 1 is 1.33 bits per heavy atom. The van der Waals surface area contributed by atoms with Crippen LogP contribution in [0.15, 0.2) is 23.1 Å². The van der Waals surface area contributed by atoms with Gasteiger partial charge in [0.2, 0.25) is 10.0 Å². The van der Waals surface area contributed by atoms with Crippen molar-refractivity contribution in [3.05, 3.63) is 23.8 Å². The highest BCUT2D eigenvalue weighted by Gasteiger charge is 2.22. The van der Waals surface area contributed by atoms with E-state index in [1.807, 2.05) is 6.07 Å². The lowest BCUT2D eigenvalue weighted by Gasteiger charge is -2.32. The smallest absolute Gasteiger partial charge is 0.314 e. The Bertz CT molecular complexity index is 637. The molecule has 2 rings (SSSR count). The number of likely N-dealkylation sites (tertiary alicyclic amines) is 1. The van der Waals surface area contributed by atoms with Gasteiger partial charge in [-0.1, -0.05) is 6.07 Å². The van der Waals surface area contributed by atoms with Gasteiger partial charge in [-0.3, -0.25) is 0 Å². The number of anilines is 1. The first kappa shape index (κ1) is 15.6. The van der Waals surface area contributed by atoms with Gasteiger partial charge in [0, 0.05) is 24.8 Å². The molecule has 0 saturated carbocycles. The average Bonchev–Trinajstić information content (AvgIpc) is 2.40. The maximum absolute atomic E-state index is 11.5. The van der Waals surface area contributed by atoms with Crippen LogP contribution in [0.2, 0.25) is 0 Å². The van der Waals surface area contributed by atoms with Crippen molar-refractivity contribution in [3.8, 4) is 0 Å². The number of rotatable bonds is 3. The minimum Gasteiger partial charge on any atom is -0.382 e. The molecule has 7 nitrogen and oxygen atoms in total. The molecule has 5 N–H and O–H groups in total. The molecule has 0 aliphatic carbocycles. The maximum atomic E-state index is 11.5. The SMILES string of the molecule is Cc1c(NC2CCN(C(N)=O)CC2)cccc1S(N)(=O)=O. The van der Waals surface area contributed by atoms with E-state index in [4.69, 9.17) is 10.9 Å². The van der Waals surface area contributed by atoms with Crippen LogP contribution >= 0.6 is 0 Å². The van der Waals surface area contributed by atoms with E-state index in [1.54, 1.807) is 17.9 Å². The number of piperidine rings is 1. The number of nitrogens with zero attached hydrogens (tertiary/aromatic N) is 1. The van der Waals surface area contributed by atoms with Crippen LogP contribution in [0.3, 0.4) is 0 Å². The number of sulfonamides is 1. The van der Waals surface area contributed by atoms with Crippen LogP contribution in [-0.4, -0.2) is 38.5 Å². The van der Waals surface area contributed by atoms with Gasteiger partial charge in [0.15, 0.2) is 0 Å². The Kier molecular flexibility index (Phi) is 4.38. The molecule has 1 aromatic rings. The molecule has 8 heteroatoms. The lowest BCUT2D eigenvalue weighted by molar-refractivity contribution is 0.193. The molecule has 1 heterocycles. The molecule has 21 heavy (non-hydrogen) atoms. The first-order valence-electron chi connectivity index (χ1n) is 6.72. The summed E-state index contributed by atoms with van der Waals surface area (Å²) < 4.78 is 23.0. The number of nitrogens with one attached hydrogen (secondary N) is 1. The topological polar surface area (TPSA) is 119 Å². The van der Waals surface area contributed by atoms with Gasteiger partial charge >= 0.3 is 6.03 Å². The molecule has 1 saturated heterocycles. The van der Waals surface area contributed by atoms with Crippen LogP contribution < -0.4 is 16.2 Å². The monoisotopic (exact) mass is 312 g/mol. The molecule has 2 amide bonds. The van der Waals surface area contributed by atoms with Gasteiger partial charge in [0.1, 0.15) is 0 Å². The number of carbonyl (C=O) groups excluding carboxylic acids is 1. The van der Waals surface area contributed by atoms with Gasteiger partial charge < -0.3 is 16.0 Å². The minimum atomic E-state index is -3.73. The summed E-state index contributed by atoms with van der Waals surface area (Å²) in [5.74, 6) is 0. The van der Waals surface area contributed by atoms with E-state index >= 15 is 0 Å². The Balaban J connectivity index is 2.10. The molecule has 0 aromatic heterocycles. The molecule has 0 unspecified atom stereocenters. The summed E-state index contributed by atoms with van der Waals surface area (Å²) in [5.41, 5.74) is 6.60. The molecule has 0 radical (unpaired) electrons. The van der Waals surface area contributed by atoms with Crippen molar-refractivity contribution in [3.63, 3.8) is 0 Å². The summed E-state index contributed by atoms with van der Waals surface area (Å²) in [7, 11) is -3.73. The zero-order chi connectivity index (χ0) is 15.6. The van der Waals surface area contributed by atoms with Crippen LogP contribution in [0.5, 0.6) is 0 Å². The van der Waals surface area contributed by atoms with E-state index in [1.165, 1.54) is 6.07 Å². The van der Waals surface area contributed by atoms with Crippen LogP contribution in [0, 0.1) is 6.92 Å². The summed E-state index contributed by atoms with van der Waals surface area (Å²) in [6.07, 6.45) is 1.53. The Morgan fingerprint density at radius 3 is 2.48 bits per heavy atom. The summed E-state index contributed by atoms with van der Waals surface area (Å²) in [6, 6.07) is 4.75. The third kappa shape index (κ3) is 3.64. The van der Waals surface area contributed by atoms with Crippen molar-refractivity contribution in [2.24, 2.45) is 10.9 Å². The molecule has 1 aromatic carbocycles. The van der Waals surface area contributed by atoms with Gasteiger partial charge in [-0.05, 0) is 37.5 Å². The molecule has 116 valence electrons. The Hall–Kier alpha value is -1.80. The third-order valence-corrected chi connectivity index (χ3v) is 4.81. The summed E-state index contributed by atoms with van der Waals surface area (Å²) in [6.45, 7) is 2.92. The number of primary amides is 1. The van der Waals surface area contributed by atoms with Crippen molar-refractivity contribution < 1.29 is 13.2 Å². The highest BCUT2D eigenvalue weighted by molar-refractivity contribution is 7.89. The van der Waals surface area contributed by atoms with Crippen LogP contribution in [0.25, 0.3) is 0 Å². The number of hydrogen-bond donors (Lipinski definition) is 3. The number of carbonyl (C=O) groups is 1. The second-order valence-electron chi connectivity index (χ2n) is 5.22. The normalized spacial score (nSPS) is 16.8. The zero-order valence-electron chi connectivity index (χ0n) is 11.9. The highest BCUT2D eigenvalue weighted by Crippen LogP contribution is 2.24. The zero-order valence-corrected chi connectivity index (χ0v) is 12.7. The van der Waals surface area contributed by atoms with E-state index in [0.29, 0.717) is 18.7 Å². The number of nitrogens with two attached hydrogens (primary N) is 2. The molecular formula is C13H20N4O3S. The number of hydrogen-bond acceptors (Lipinski definition) is 4. The molecule has 1 fully saturated rings. The van der Waals surface area contributed by atoms with Gasteiger partial charge in [0.05, 0.1) is 4.90 Å². The predicted octanol–water partition coefficient (Wildman–Crippen LogP) is 0.597. The predicted molar refractivity (Wildman–Crippen MR) is 80.4 cm³/mol. The number of primary sulfonamides is 1. The second kappa shape index (κ2) is 5.90. The maximum Gasteiger partial charge on any atom is 0.314 e. The summed E-state index contributed by atoms with van der Waals surface area (Å²) in [5, 5.41) is 8.52. The van der Waals surface area contributed by atoms with E-state index in [2.05, 4.69) is 5.32 Å². The summed E-state index contributed by atoms with van der Waals surface area (Å²) >= 11 is 0. The van der Waals surface area contributed by atoms with Gasteiger partial charge in [-0.25, -0.2) is 18.4 Å². The Labute approximate surface area is 124 Å². The average molecular weight is 312 g/mol. The fourth-order valence-corrected chi connectivity index (χ4v) is 3.35. The van der Waals surface area contributed by atoms with E-state index in [0.717, 1.165) is 18.5 Å². The van der Waals surface area contributed by atoms with Crippen molar-refractivity contribution in [2.75, 3.05) is 18.4 Å². The van der Waals surface area contributed by atoms with Crippen LogP contribution in [0.4, 0.5) is 10.5 Å². The molecule has 0 atom stereocenters. The number of benzene rings is 1. The third-order valence-electron chi connectivity index (χ3n) is 3.76. The standard InChI is InChI=1S/C13H20N4O3S/c1-9-11(3-2-4-12(9)21(15,19)20)16-10-5-7-17(8-6-10)13(14)18/h2-4,10,16H,5-8H2,1H3,(H2,14,18)(H2,15,19,20). The van der Waals surface area contributed by atoms with Gasteiger partial charge in [-0.2, -0.15) is 0 Å². The molecular weight excluding hydrogens is 292 g/mol. The van der Waals surface area contributed by atoms with Crippen molar-refractivity contribution in [2.45, 2.75) is 30.7 Å².